The summed E-state index contributed by atoms with van der Waals surface area (Å²) in [4.78, 5) is 0. The minimum Gasteiger partial charge on any atom is -0.396 e. The van der Waals surface area contributed by atoms with E-state index in [0.29, 0.717) is 6.42 Å². The zero-order chi connectivity index (χ0) is 11.9. The van der Waals surface area contributed by atoms with Gasteiger partial charge in [-0.05, 0) is 12.3 Å². The summed E-state index contributed by atoms with van der Waals surface area (Å²) in [5.74, 6) is 0.121. The van der Waals surface area contributed by atoms with Crippen LogP contribution in [0.15, 0.2) is 0 Å². The third-order valence-electron chi connectivity index (χ3n) is 3.02. The molecule has 92 valence electrons. The van der Waals surface area contributed by atoms with Crippen molar-refractivity contribution in [2.75, 3.05) is 19.8 Å². The molecule has 0 heterocycles. The molecule has 15 heavy (non-hydrogen) atoms. The average molecular weight is 220 g/mol. The summed E-state index contributed by atoms with van der Waals surface area (Å²) in [6.07, 6.45) is 0.557. The van der Waals surface area contributed by atoms with Gasteiger partial charge >= 0.3 is 0 Å². The van der Waals surface area contributed by atoms with E-state index < -0.39 is 11.7 Å². The number of hydrogen-bond donors (Lipinski definition) is 3. The van der Waals surface area contributed by atoms with Gasteiger partial charge in [-0.3, -0.25) is 0 Å². The summed E-state index contributed by atoms with van der Waals surface area (Å²) in [5, 5.41) is 28.0. The van der Waals surface area contributed by atoms with Gasteiger partial charge in [-0.15, -0.1) is 0 Å². The highest BCUT2D eigenvalue weighted by Crippen LogP contribution is 2.36. The molecular weight excluding hydrogens is 196 g/mol. The fourth-order valence-electron chi connectivity index (χ4n) is 1.83. The lowest BCUT2D eigenvalue weighted by molar-refractivity contribution is -0.209. The first kappa shape index (κ1) is 14.8. The number of aliphatic hydroxyl groups excluding tert-OH is 3. The predicted octanol–water partition coefficient (Wildman–Crippen LogP) is 0.748. The molecule has 0 aliphatic carbocycles. The van der Waals surface area contributed by atoms with Gasteiger partial charge in [0.1, 0.15) is 0 Å². The van der Waals surface area contributed by atoms with Gasteiger partial charge in [-0.25, -0.2) is 0 Å². The Hall–Kier alpha value is -0.160. The first-order valence-corrected chi connectivity index (χ1v) is 5.56. The van der Waals surface area contributed by atoms with E-state index in [-0.39, 0.29) is 25.7 Å². The van der Waals surface area contributed by atoms with E-state index in [1.165, 1.54) is 0 Å². The highest BCUT2D eigenvalue weighted by atomic mass is 16.6. The normalized spacial score (nSPS) is 17.8. The molecule has 0 aromatic carbocycles. The van der Waals surface area contributed by atoms with Crippen LogP contribution in [-0.4, -0.2) is 41.4 Å². The molecule has 0 aliphatic rings. The number of rotatable bonds is 8. The molecule has 2 atom stereocenters. The monoisotopic (exact) mass is 220 g/mol. The van der Waals surface area contributed by atoms with Crippen LogP contribution < -0.4 is 0 Å². The summed E-state index contributed by atoms with van der Waals surface area (Å²) >= 11 is 0. The van der Waals surface area contributed by atoms with E-state index in [2.05, 4.69) is 0 Å². The van der Waals surface area contributed by atoms with Gasteiger partial charge < -0.3 is 20.1 Å². The lowest BCUT2D eigenvalue weighted by Gasteiger charge is -2.39. The molecule has 4 heteroatoms. The van der Waals surface area contributed by atoms with Crippen molar-refractivity contribution in [3.05, 3.63) is 0 Å². The SMILES string of the molecule is CCCC(CO)(C(C)C)C(O)OCCO. The van der Waals surface area contributed by atoms with Crippen LogP contribution >= 0.6 is 0 Å². The van der Waals surface area contributed by atoms with Gasteiger partial charge in [0, 0.05) is 5.41 Å². The Labute approximate surface area is 91.9 Å². The van der Waals surface area contributed by atoms with Crippen LogP contribution in [-0.2, 0) is 4.74 Å². The zero-order valence-electron chi connectivity index (χ0n) is 9.94. The number of hydrogen-bond acceptors (Lipinski definition) is 4. The van der Waals surface area contributed by atoms with Crippen LogP contribution in [0.5, 0.6) is 0 Å². The second-order valence-electron chi connectivity index (χ2n) is 4.24. The first-order chi connectivity index (χ1) is 7.05. The highest BCUT2D eigenvalue weighted by molar-refractivity contribution is 4.84. The van der Waals surface area contributed by atoms with Crippen LogP contribution in [0.1, 0.15) is 33.6 Å². The third-order valence-corrected chi connectivity index (χ3v) is 3.02. The van der Waals surface area contributed by atoms with Crippen molar-refractivity contribution < 1.29 is 20.1 Å². The summed E-state index contributed by atoms with van der Waals surface area (Å²) < 4.78 is 5.11. The second kappa shape index (κ2) is 7.17. The molecule has 3 N–H and O–H groups in total. The van der Waals surface area contributed by atoms with Gasteiger partial charge in [-0.1, -0.05) is 27.2 Å². The Bertz CT molecular complexity index is 161. The largest absolute Gasteiger partial charge is 0.396 e. The smallest absolute Gasteiger partial charge is 0.162 e. The number of aliphatic hydroxyl groups is 3. The summed E-state index contributed by atoms with van der Waals surface area (Å²) in [5.41, 5.74) is -0.621. The van der Waals surface area contributed by atoms with Crippen LogP contribution in [0.3, 0.4) is 0 Å². The minimum atomic E-state index is -1.02. The van der Waals surface area contributed by atoms with E-state index >= 15 is 0 Å². The molecule has 0 aliphatic heterocycles. The van der Waals surface area contributed by atoms with Crippen molar-refractivity contribution in [1.82, 2.24) is 0 Å². The fourth-order valence-corrected chi connectivity index (χ4v) is 1.83. The van der Waals surface area contributed by atoms with E-state index in [1.807, 2.05) is 20.8 Å². The summed E-state index contributed by atoms with van der Waals surface area (Å²) in [6, 6.07) is 0. The molecule has 0 saturated heterocycles. The van der Waals surface area contributed by atoms with Gasteiger partial charge in [0.05, 0.1) is 19.8 Å². The van der Waals surface area contributed by atoms with Gasteiger partial charge in [0.25, 0.3) is 0 Å². The lowest BCUT2D eigenvalue weighted by atomic mass is 9.73. The van der Waals surface area contributed by atoms with Gasteiger partial charge in [0.2, 0.25) is 0 Å². The van der Waals surface area contributed by atoms with Crippen LogP contribution in [0.2, 0.25) is 0 Å². The third kappa shape index (κ3) is 3.72. The molecule has 0 amide bonds. The van der Waals surface area contributed by atoms with E-state index in [1.54, 1.807) is 0 Å². The Morgan fingerprint density at radius 1 is 1.27 bits per heavy atom. The van der Waals surface area contributed by atoms with Crippen molar-refractivity contribution in [3.8, 4) is 0 Å². The molecule has 0 spiro atoms. The van der Waals surface area contributed by atoms with Gasteiger partial charge in [0.15, 0.2) is 6.29 Å². The quantitative estimate of drug-likeness (QED) is 0.528. The fraction of sp³-hybridized carbons (Fsp3) is 1.00. The Balaban J connectivity index is 4.57. The molecule has 4 nitrogen and oxygen atoms in total. The second-order valence-corrected chi connectivity index (χ2v) is 4.24. The Morgan fingerprint density at radius 2 is 1.87 bits per heavy atom. The maximum absolute atomic E-state index is 9.90. The molecular formula is C11H24O4. The van der Waals surface area contributed by atoms with Crippen molar-refractivity contribution in [2.45, 2.75) is 39.9 Å². The van der Waals surface area contributed by atoms with E-state index in [0.717, 1.165) is 6.42 Å². The maximum Gasteiger partial charge on any atom is 0.162 e. The maximum atomic E-state index is 9.90. The Morgan fingerprint density at radius 3 is 2.20 bits per heavy atom. The summed E-state index contributed by atoms with van der Waals surface area (Å²) in [6.45, 7) is 5.79. The first-order valence-electron chi connectivity index (χ1n) is 5.56. The van der Waals surface area contributed by atoms with Crippen molar-refractivity contribution in [3.63, 3.8) is 0 Å². The molecule has 0 rings (SSSR count). The lowest BCUT2D eigenvalue weighted by Crippen LogP contribution is -2.45. The van der Waals surface area contributed by atoms with Crippen molar-refractivity contribution >= 4 is 0 Å². The standard InChI is InChI=1S/C11H24O4/c1-4-5-11(8-13,9(2)3)10(14)15-7-6-12/h9-10,12-14H,4-8H2,1-3H3. The minimum absolute atomic E-state index is 0.0966. The van der Waals surface area contributed by atoms with Crippen molar-refractivity contribution in [1.29, 1.82) is 0 Å². The van der Waals surface area contributed by atoms with Gasteiger partial charge in [-0.2, -0.15) is 0 Å². The predicted molar refractivity (Wildman–Crippen MR) is 58.3 cm³/mol. The summed E-state index contributed by atoms with van der Waals surface area (Å²) in [7, 11) is 0. The molecule has 0 saturated carbocycles. The molecule has 0 radical (unpaired) electrons. The van der Waals surface area contributed by atoms with Crippen LogP contribution in [0.4, 0.5) is 0 Å². The molecule has 2 unspecified atom stereocenters. The van der Waals surface area contributed by atoms with E-state index in [9.17, 15) is 10.2 Å². The molecule has 0 aromatic heterocycles. The molecule has 0 aromatic rings. The van der Waals surface area contributed by atoms with Crippen molar-refractivity contribution in [2.24, 2.45) is 11.3 Å². The Kier molecular flexibility index (Phi) is 7.09. The molecule has 0 bridgehead atoms. The zero-order valence-corrected chi connectivity index (χ0v) is 9.94. The topological polar surface area (TPSA) is 69.9 Å². The highest BCUT2D eigenvalue weighted by Gasteiger charge is 2.40. The van der Waals surface area contributed by atoms with E-state index in [4.69, 9.17) is 9.84 Å². The molecule has 0 fully saturated rings. The average Bonchev–Trinajstić information content (AvgIpc) is 2.22. The van der Waals surface area contributed by atoms with Crippen LogP contribution in [0, 0.1) is 11.3 Å². The number of ether oxygens (including phenoxy) is 1. The van der Waals surface area contributed by atoms with Crippen LogP contribution in [0.25, 0.3) is 0 Å².